The van der Waals surface area contributed by atoms with Crippen molar-refractivity contribution in [3.63, 3.8) is 0 Å². The van der Waals surface area contributed by atoms with Crippen molar-refractivity contribution in [3.05, 3.63) is 30.1 Å². The van der Waals surface area contributed by atoms with Crippen LogP contribution in [0.1, 0.15) is 0 Å². The van der Waals surface area contributed by atoms with Gasteiger partial charge >= 0.3 is 18.9 Å². The van der Waals surface area contributed by atoms with Gasteiger partial charge in [0, 0.05) is 18.7 Å². The third kappa shape index (κ3) is 3.77. The van der Waals surface area contributed by atoms with Gasteiger partial charge in [-0.15, -0.1) is 12.1 Å². The molecule has 12 heavy (non-hydrogen) atoms. The molecule has 0 bridgehead atoms. The predicted octanol–water partition coefficient (Wildman–Crippen LogP) is -1.39. The van der Waals surface area contributed by atoms with Crippen LogP contribution in [-0.4, -0.2) is 13.9 Å². The van der Waals surface area contributed by atoms with E-state index in [1.54, 1.807) is 6.07 Å². The Hall–Kier alpha value is -0.493. The predicted molar refractivity (Wildman–Crippen MR) is 37.7 cm³/mol. The van der Waals surface area contributed by atoms with Crippen molar-refractivity contribution in [1.29, 1.82) is 0 Å². The summed E-state index contributed by atoms with van der Waals surface area (Å²) in [6, 6.07) is 6.64. The van der Waals surface area contributed by atoms with Crippen molar-refractivity contribution in [2.24, 2.45) is 0 Å². The van der Waals surface area contributed by atoms with Gasteiger partial charge in [0.25, 0.3) is 0 Å². The second-order valence-electron chi connectivity index (χ2n) is 1.94. The Labute approximate surface area is 82.9 Å². The van der Waals surface area contributed by atoms with Gasteiger partial charge in [0.1, 0.15) is 0 Å². The zero-order valence-corrected chi connectivity index (χ0v) is 7.13. The number of benzene rings is 1. The Morgan fingerprint density at radius 1 is 1.50 bits per heavy atom. The number of methoxy groups -OCH3 is 1. The summed E-state index contributed by atoms with van der Waals surface area (Å²) in [7, 11) is 1.50. The molecule has 1 aromatic carbocycles. The van der Waals surface area contributed by atoms with Gasteiger partial charge in [-0.3, -0.25) is 4.39 Å². The minimum Gasteiger partial charge on any atom is -0.528 e. The van der Waals surface area contributed by atoms with E-state index >= 15 is 0 Å². The van der Waals surface area contributed by atoms with E-state index in [1.807, 2.05) is 0 Å². The topological polar surface area (TPSA) is 18.5 Å². The smallest absolute Gasteiger partial charge is 0.528 e. The van der Waals surface area contributed by atoms with E-state index in [-0.39, 0.29) is 31.5 Å². The van der Waals surface area contributed by atoms with E-state index in [0.717, 1.165) is 0 Å². The van der Waals surface area contributed by atoms with Crippen LogP contribution in [-0.2, 0) is 4.74 Å². The summed E-state index contributed by atoms with van der Waals surface area (Å²) in [5, 5.41) is 0. The molecule has 0 saturated heterocycles. The quantitative estimate of drug-likeness (QED) is 0.309. The summed E-state index contributed by atoms with van der Waals surface area (Å²) in [4.78, 5) is 0. The Morgan fingerprint density at radius 2 is 2.25 bits per heavy atom. The first-order valence-electron chi connectivity index (χ1n) is 3.11. The molecular formula is C8H8FLiO2. The molecule has 2 nitrogen and oxygen atoms in total. The van der Waals surface area contributed by atoms with Gasteiger partial charge in [-0.05, 0) is 0 Å². The van der Waals surface area contributed by atoms with E-state index in [9.17, 15) is 4.39 Å². The van der Waals surface area contributed by atoms with Crippen LogP contribution in [0.4, 0.5) is 4.39 Å². The minimum atomic E-state index is -0.362. The Balaban J connectivity index is 0.00000121. The number of ether oxygens (including phenoxy) is 2. The zero-order chi connectivity index (χ0) is 8.10. The van der Waals surface area contributed by atoms with Gasteiger partial charge in [0.05, 0.1) is 0 Å². The maximum atomic E-state index is 12.4. The van der Waals surface area contributed by atoms with Gasteiger partial charge in [0.2, 0.25) is 0 Å². The molecule has 0 aliphatic heterocycles. The number of halogens is 1. The maximum Gasteiger partial charge on any atom is 1.00 e. The molecule has 1 rings (SSSR count). The average Bonchev–Trinajstić information content (AvgIpc) is 2.01. The minimum absolute atomic E-state index is 0. The Bertz CT molecular complexity index is 230. The third-order valence-corrected chi connectivity index (χ3v) is 1.07. The second kappa shape index (κ2) is 6.07. The van der Waals surface area contributed by atoms with Crippen molar-refractivity contribution in [2.75, 3.05) is 13.9 Å². The number of hydrogen-bond donors (Lipinski definition) is 0. The first-order valence-corrected chi connectivity index (χ1v) is 3.11. The summed E-state index contributed by atoms with van der Waals surface area (Å²) >= 11 is 0. The normalized spacial score (nSPS) is 8.83. The summed E-state index contributed by atoms with van der Waals surface area (Å²) < 4.78 is 22.0. The van der Waals surface area contributed by atoms with Crippen molar-refractivity contribution >= 4 is 0 Å². The van der Waals surface area contributed by atoms with Crippen LogP contribution in [0.15, 0.2) is 18.2 Å². The third-order valence-electron chi connectivity index (χ3n) is 1.07. The number of rotatable bonds is 3. The molecule has 0 aliphatic rings. The van der Waals surface area contributed by atoms with E-state index in [0.29, 0.717) is 5.75 Å². The molecule has 0 saturated carbocycles. The van der Waals surface area contributed by atoms with Crippen molar-refractivity contribution in [2.45, 2.75) is 0 Å². The molecule has 0 N–H and O–H groups in total. The molecule has 0 radical (unpaired) electrons. The molecule has 4 heteroatoms. The molecule has 0 aliphatic carbocycles. The van der Waals surface area contributed by atoms with Crippen LogP contribution < -0.4 is 23.6 Å². The molecule has 0 heterocycles. The second-order valence-corrected chi connectivity index (χ2v) is 1.94. The van der Waals surface area contributed by atoms with Gasteiger partial charge in [-0.2, -0.15) is 6.07 Å². The Kier molecular flexibility index (Phi) is 5.82. The summed E-state index contributed by atoms with van der Waals surface area (Å²) in [5.74, 6) is 0.0606. The van der Waals surface area contributed by atoms with Gasteiger partial charge in [-0.1, -0.05) is 6.07 Å². The van der Waals surface area contributed by atoms with Crippen molar-refractivity contribution in [3.8, 4) is 5.75 Å². The van der Waals surface area contributed by atoms with Crippen LogP contribution in [0, 0.1) is 11.9 Å². The first-order chi connectivity index (χ1) is 5.33. The molecule has 0 fully saturated rings. The molecule has 0 atom stereocenters. The maximum absolute atomic E-state index is 12.4. The molecule has 1 aromatic rings. The number of hydrogen-bond acceptors (Lipinski definition) is 2. The van der Waals surface area contributed by atoms with Crippen LogP contribution in [0.5, 0.6) is 5.75 Å². The monoisotopic (exact) mass is 162 g/mol. The fourth-order valence-corrected chi connectivity index (χ4v) is 0.633. The van der Waals surface area contributed by atoms with Gasteiger partial charge < -0.3 is 9.47 Å². The summed E-state index contributed by atoms with van der Waals surface area (Å²) in [6.07, 6.45) is 0. The SMILES string of the molecule is COCOc1c[c-]cc(F)c1.[Li+]. The fraction of sp³-hybridized carbons (Fsp3) is 0.250. The zero-order valence-electron chi connectivity index (χ0n) is 7.13. The molecule has 0 unspecified atom stereocenters. The fourth-order valence-electron chi connectivity index (χ4n) is 0.633. The van der Waals surface area contributed by atoms with E-state index in [2.05, 4.69) is 10.8 Å². The average molecular weight is 162 g/mol. The standard InChI is InChI=1S/C8H8FO2.Li/c1-10-6-11-8-4-2-3-7(9)5-8;/h3-5H,6H2,1H3;/q-1;+1. The van der Waals surface area contributed by atoms with Gasteiger partial charge in [-0.25, -0.2) is 0 Å². The molecular weight excluding hydrogens is 154 g/mol. The largest absolute Gasteiger partial charge is 1.00 e. The Morgan fingerprint density at radius 3 is 2.83 bits per heavy atom. The van der Waals surface area contributed by atoms with Crippen molar-refractivity contribution in [1.82, 2.24) is 0 Å². The first kappa shape index (κ1) is 11.5. The molecule has 60 valence electrons. The van der Waals surface area contributed by atoms with Crippen molar-refractivity contribution < 1.29 is 32.7 Å². The molecule has 0 spiro atoms. The summed E-state index contributed by atoms with van der Waals surface area (Å²) in [6.45, 7) is 0.122. The van der Waals surface area contributed by atoms with E-state index < -0.39 is 0 Å². The van der Waals surface area contributed by atoms with Gasteiger partial charge in [0.15, 0.2) is 6.79 Å². The van der Waals surface area contributed by atoms with Crippen LogP contribution in [0.25, 0.3) is 0 Å². The molecule has 0 amide bonds. The van der Waals surface area contributed by atoms with E-state index in [1.165, 1.54) is 19.2 Å². The van der Waals surface area contributed by atoms with Crippen LogP contribution in [0.3, 0.4) is 0 Å². The summed E-state index contributed by atoms with van der Waals surface area (Å²) in [5.41, 5.74) is 0. The van der Waals surface area contributed by atoms with Crippen LogP contribution >= 0.6 is 0 Å². The van der Waals surface area contributed by atoms with E-state index in [4.69, 9.17) is 4.74 Å². The molecule has 0 aromatic heterocycles. The van der Waals surface area contributed by atoms with Crippen LogP contribution in [0.2, 0.25) is 0 Å².